The van der Waals surface area contributed by atoms with E-state index >= 15 is 0 Å². The van der Waals surface area contributed by atoms with Gasteiger partial charge in [0.25, 0.3) is 0 Å². The summed E-state index contributed by atoms with van der Waals surface area (Å²) in [5.74, 6) is -0.229. The third kappa shape index (κ3) is 3.30. The highest BCUT2D eigenvalue weighted by atomic mass is 32.2. The van der Waals surface area contributed by atoms with Gasteiger partial charge in [0.2, 0.25) is 15.9 Å². The van der Waals surface area contributed by atoms with Crippen molar-refractivity contribution in [2.24, 2.45) is 0 Å². The predicted molar refractivity (Wildman–Crippen MR) is 70.9 cm³/mol. The Labute approximate surface area is 112 Å². The number of carbonyl (C=O) groups is 1. The molecule has 0 saturated carbocycles. The summed E-state index contributed by atoms with van der Waals surface area (Å²) in [5, 5.41) is 2.65. The third-order valence-corrected chi connectivity index (χ3v) is 5.13. The van der Waals surface area contributed by atoms with E-state index in [0.29, 0.717) is 19.5 Å². The number of aromatic nitrogens is 1. The molecule has 1 saturated heterocycles. The van der Waals surface area contributed by atoms with Crippen LogP contribution < -0.4 is 5.32 Å². The molecule has 104 valence electrons. The zero-order valence-electron chi connectivity index (χ0n) is 10.7. The van der Waals surface area contributed by atoms with Crippen molar-refractivity contribution in [2.75, 3.05) is 18.8 Å². The molecule has 6 nitrogen and oxygen atoms in total. The van der Waals surface area contributed by atoms with Crippen LogP contribution in [0.15, 0.2) is 24.5 Å². The van der Waals surface area contributed by atoms with Crippen LogP contribution in [0.2, 0.25) is 0 Å². The molecule has 2 heterocycles. The first kappa shape index (κ1) is 14.0. The zero-order valence-corrected chi connectivity index (χ0v) is 11.6. The molecule has 1 aromatic heterocycles. The van der Waals surface area contributed by atoms with Gasteiger partial charge < -0.3 is 5.32 Å². The molecule has 1 aliphatic rings. The molecule has 1 aliphatic heterocycles. The van der Waals surface area contributed by atoms with Crippen molar-refractivity contribution in [1.29, 1.82) is 0 Å². The minimum atomic E-state index is -3.41. The summed E-state index contributed by atoms with van der Waals surface area (Å²) >= 11 is 0. The number of amides is 1. The Morgan fingerprint density at radius 2 is 2.11 bits per heavy atom. The van der Waals surface area contributed by atoms with E-state index in [1.54, 1.807) is 31.5 Å². The molecule has 1 unspecified atom stereocenters. The smallest absolute Gasteiger partial charge is 0.238 e. The van der Waals surface area contributed by atoms with Gasteiger partial charge in [-0.05, 0) is 31.0 Å². The average Bonchev–Trinajstić information content (AvgIpc) is 2.41. The lowest BCUT2D eigenvalue weighted by molar-refractivity contribution is -0.126. The van der Waals surface area contributed by atoms with E-state index in [1.807, 2.05) is 0 Å². The Hall–Kier alpha value is -1.47. The van der Waals surface area contributed by atoms with Crippen molar-refractivity contribution in [3.63, 3.8) is 0 Å². The predicted octanol–water partition coefficient (Wildman–Crippen LogP) is -0.226. The van der Waals surface area contributed by atoms with Crippen LogP contribution in [0.1, 0.15) is 12.5 Å². The van der Waals surface area contributed by atoms with Crippen molar-refractivity contribution in [1.82, 2.24) is 14.6 Å². The van der Waals surface area contributed by atoms with Crippen LogP contribution >= 0.6 is 0 Å². The molecule has 1 fully saturated rings. The molecule has 2 rings (SSSR count). The standard InChI is InChI=1S/C12H17N3O3S/c1-10-12(16)14-7-8-15(10)19(17,18)9-4-11-2-5-13-6-3-11/h2-3,5-6,10H,4,7-9H2,1H3,(H,14,16). The first-order chi connectivity index (χ1) is 9.00. The molecular weight excluding hydrogens is 266 g/mol. The summed E-state index contributed by atoms with van der Waals surface area (Å²) < 4.78 is 25.8. The summed E-state index contributed by atoms with van der Waals surface area (Å²) in [6, 6.07) is 2.96. The summed E-state index contributed by atoms with van der Waals surface area (Å²) in [6.07, 6.45) is 3.70. The largest absolute Gasteiger partial charge is 0.353 e. The van der Waals surface area contributed by atoms with Crippen LogP contribution in [0.3, 0.4) is 0 Å². The van der Waals surface area contributed by atoms with Gasteiger partial charge in [-0.2, -0.15) is 4.31 Å². The number of piperazine rings is 1. The van der Waals surface area contributed by atoms with Gasteiger partial charge in [-0.1, -0.05) is 0 Å². The van der Waals surface area contributed by atoms with E-state index in [-0.39, 0.29) is 11.7 Å². The summed E-state index contributed by atoms with van der Waals surface area (Å²) in [7, 11) is -3.41. The number of sulfonamides is 1. The van der Waals surface area contributed by atoms with Crippen LogP contribution in [-0.2, 0) is 21.2 Å². The molecule has 7 heteroatoms. The minimum absolute atomic E-state index is 0.00856. The van der Waals surface area contributed by atoms with Crippen LogP contribution in [0.4, 0.5) is 0 Å². The minimum Gasteiger partial charge on any atom is -0.353 e. The molecule has 0 bridgehead atoms. The number of pyridine rings is 1. The van der Waals surface area contributed by atoms with Gasteiger partial charge in [0.1, 0.15) is 6.04 Å². The first-order valence-corrected chi connectivity index (χ1v) is 7.78. The van der Waals surface area contributed by atoms with E-state index in [2.05, 4.69) is 10.3 Å². The van der Waals surface area contributed by atoms with Crippen LogP contribution in [0, 0.1) is 0 Å². The van der Waals surface area contributed by atoms with E-state index in [1.165, 1.54) is 4.31 Å². The Balaban J connectivity index is 2.04. The molecule has 1 amide bonds. The highest BCUT2D eigenvalue weighted by Gasteiger charge is 2.33. The van der Waals surface area contributed by atoms with Crippen molar-refractivity contribution in [3.05, 3.63) is 30.1 Å². The Morgan fingerprint density at radius 3 is 2.79 bits per heavy atom. The van der Waals surface area contributed by atoms with Gasteiger partial charge in [-0.15, -0.1) is 0 Å². The van der Waals surface area contributed by atoms with Gasteiger partial charge in [-0.3, -0.25) is 9.78 Å². The molecule has 0 spiro atoms. The van der Waals surface area contributed by atoms with E-state index in [0.717, 1.165) is 5.56 Å². The van der Waals surface area contributed by atoms with Crippen molar-refractivity contribution in [2.45, 2.75) is 19.4 Å². The van der Waals surface area contributed by atoms with Crippen molar-refractivity contribution >= 4 is 15.9 Å². The molecule has 1 N–H and O–H groups in total. The molecule has 0 aliphatic carbocycles. The number of hydrogen-bond acceptors (Lipinski definition) is 4. The monoisotopic (exact) mass is 283 g/mol. The maximum atomic E-state index is 12.2. The lowest BCUT2D eigenvalue weighted by Crippen LogP contribution is -2.56. The average molecular weight is 283 g/mol. The fraction of sp³-hybridized carbons (Fsp3) is 0.500. The number of nitrogens with one attached hydrogen (secondary N) is 1. The summed E-state index contributed by atoms with van der Waals surface area (Å²) in [4.78, 5) is 15.4. The Morgan fingerprint density at radius 1 is 1.42 bits per heavy atom. The quantitative estimate of drug-likeness (QED) is 0.828. The topological polar surface area (TPSA) is 79.4 Å². The lowest BCUT2D eigenvalue weighted by Gasteiger charge is -2.31. The normalized spacial score (nSPS) is 21.1. The summed E-state index contributed by atoms with van der Waals surface area (Å²) in [6.45, 7) is 2.32. The highest BCUT2D eigenvalue weighted by Crippen LogP contribution is 2.12. The fourth-order valence-electron chi connectivity index (χ4n) is 2.05. The number of hydrogen-bond donors (Lipinski definition) is 1. The Bertz CT molecular complexity index is 545. The Kier molecular flexibility index (Phi) is 4.16. The van der Waals surface area contributed by atoms with Gasteiger partial charge in [0.15, 0.2) is 0 Å². The number of rotatable bonds is 4. The third-order valence-electron chi connectivity index (χ3n) is 3.20. The zero-order chi connectivity index (χ0) is 13.9. The van der Waals surface area contributed by atoms with Crippen LogP contribution in [0.25, 0.3) is 0 Å². The lowest BCUT2D eigenvalue weighted by atomic mass is 10.2. The number of nitrogens with zero attached hydrogens (tertiary/aromatic N) is 2. The summed E-state index contributed by atoms with van der Waals surface area (Å²) in [5.41, 5.74) is 0.924. The van der Waals surface area contributed by atoms with Gasteiger partial charge in [0.05, 0.1) is 5.75 Å². The first-order valence-electron chi connectivity index (χ1n) is 6.17. The fourth-order valence-corrected chi connectivity index (χ4v) is 3.73. The van der Waals surface area contributed by atoms with E-state index in [9.17, 15) is 13.2 Å². The molecule has 19 heavy (non-hydrogen) atoms. The number of carbonyl (C=O) groups excluding carboxylic acids is 1. The molecular formula is C12H17N3O3S. The molecule has 0 radical (unpaired) electrons. The molecule has 1 aromatic rings. The van der Waals surface area contributed by atoms with Gasteiger partial charge >= 0.3 is 0 Å². The number of aryl methyl sites for hydroxylation is 1. The highest BCUT2D eigenvalue weighted by molar-refractivity contribution is 7.89. The second-order valence-electron chi connectivity index (χ2n) is 4.50. The van der Waals surface area contributed by atoms with Gasteiger partial charge in [0, 0.05) is 25.5 Å². The van der Waals surface area contributed by atoms with Crippen LogP contribution in [-0.4, -0.2) is 48.5 Å². The van der Waals surface area contributed by atoms with Crippen LogP contribution in [0.5, 0.6) is 0 Å². The second kappa shape index (κ2) is 5.66. The van der Waals surface area contributed by atoms with Crippen molar-refractivity contribution in [3.8, 4) is 0 Å². The SMILES string of the molecule is CC1C(=O)NCCN1S(=O)(=O)CCc1ccncc1. The maximum Gasteiger partial charge on any atom is 0.238 e. The second-order valence-corrected chi connectivity index (χ2v) is 6.54. The van der Waals surface area contributed by atoms with Gasteiger partial charge in [-0.25, -0.2) is 8.42 Å². The molecule has 0 aromatic carbocycles. The van der Waals surface area contributed by atoms with E-state index < -0.39 is 16.1 Å². The molecule has 1 atom stereocenters. The van der Waals surface area contributed by atoms with Crippen molar-refractivity contribution < 1.29 is 13.2 Å². The maximum absolute atomic E-state index is 12.2. The van der Waals surface area contributed by atoms with E-state index in [4.69, 9.17) is 0 Å².